The van der Waals surface area contributed by atoms with Gasteiger partial charge in [0.05, 0.1) is 12.2 Å². The molecule has 4 rings (SSSR count). The van der Waals surface area contributed by atoms with Crippen LogP contribution in [0.4, 0.5) is 10.2 Å². The van der Waals surface area contributed by atoms with Gasteiger partial charge in [-0.25, -0.2) is 9.37 Å². The SMILES string of the molecule is CC(=O)N=C1c2ccc(F)cc2C(C)Oc2cc(cnc2N)-c2c(nn(C)c2C#N)CN1C. The maximum Gasteiger partial charge on any atom is 0.244 e. The number of pyridine rings is 1. The quantitative estimate of drug-likeness (QED) is 0.562. The Hall–Kier alpha value is -4.26. The van der Waals surface area contributed by atoms with Crippen LogP contribution in [0.1, 0.15) is 42.5 Å². The molecule has 0 spiro atoms. The zero-order chi connectivity index (χ0) is 23.9. The van der Waals surface area contributed by atoms with E-state index in [1.165, 1.54) is 23.7 Å². The van der Waals surface area contributed by atoms with Crippen LogP contribution in [0.5, 0.6) is 5.75 Å². The number of benzene rings is 1. The number of aryl methyl sites for hydroxylation is 1. The first-order valence-electron chi connectivity index (χ1n) is 10.2. The average Bonchev–Trinajstić information content (AvgIpc) is 3.07. The molecule has 0 saturated heterocycles. The van der Waals surface area contributed by atoms with Gasteiger partial charge in [-0.1, -0.05) is 0 Å². The maximum atomic E-state index is 14.2. The molecule has 1 unspecified atom stereocenters. The largest absolute Gasteiger partial charge is 0.482 e. The molecule has 1 amide bonds. The molecule has 0 radical (unpaired) electrons. The Morgan fingerprint density at radius 3 is 2.82 bits per heavy atom. The van der Waals surface area contributed by atoms with Gasteiger partial charge in [0, 0.05) is 49.5 Å². The van der Waals surface area contributed by atoms with Crippen molar-refractivity contribution >= 4 is 17.6 Å². The number of amides is 1. The van der Waals surface area contributed by atoms with Crippen LogP contribution in [-0.2, 0) is 18.4 Å². The lowest BCUT2D eigenvalue weighted by molar-refractivity contribution is -0.115. The Bertz CT molecular complexity index is 1340. The monoisotopic (exact) mass is 447 g/mol. The van der Waals surface area contributed by atoms with Crippen LogP contribution < -0.4 is 10.5 Å². The molecule has 33 heavy (non-hydrogen) atoms. The van der Waals surface area contributed by atoms with Crippen molar-refractivity contribution in [2.45, 2.75) is 26.5 Å². The Kier molecular flexibility index (Phi) is 5.55. The van der Waals surface area contributed by atoms with Gasteiger partial charge in [0.2, 0.25) is 5.91 Å². The lowest BCUT2D eigenvalue weighted by atomic mass is 9.99. The van der Waals surface area contributed by atoms with Crippen LogP contribution in [0, 0.1) is 17.1 Å². The van der Waals surface area contributed by atoms with E-state index in [0.29, 0.717) is 39.5 Å². The molecule has 1 aliphatic rings. The van der Waals surface area contributed by atoms with Crippen LogP contribution >= 0.6 is 0 Å². The number of aromatic nitrogens is 3. The number of nitrogens with two attached hydrogens (primary N) is 1. The fourth-order valence-electron chi connectivity index (χ4n) is 3.94. The van der Waals surface area contributed by atoms with Gasteiger partial charge >= 0.3 is 0 Å². The number of carbonyl (C=O) groups excluding carboxylic acids is 1. The molecule has 3 heterocycles. The molecule has 2 aromatic heterocycles. The smallest absolute Gasteiger partial charge is 0.244 e. The van der Waals surface area contributed by atoms with Gasteiger partial charge in [-0.3, -0.25) is 9.48 Å². The summed E-state index contributed by atoms with van der Waals surface area (Å²) in [6, 6.07) is 8.10. The number of nitrogen functional groups attached to an aromatic ring is 1. The van der Waals surface area contributed by atoms with Crippen LogP contribution in [0.2, 0.25) is 0 Å². The fourth-order valence-corrected chi connectivity index (χ4v) is 3.94. The summed E-state index contributed by atoms with van der Waals surface area (Å²) in [4.78, 5) is 22.2. The minimum absolute atomic E-state index is 0.152. The highest BCUT2D eigenvalue weighted by Crippen LogP contribution is 2.35. The highest BCUT2D eigenvalue weighted by molar-refractivity contribution is 6.05. The maximum absolute atomic E-state index is 14.2. The van der Waals surface area contributed by atoms with Crippen molar-refractivity contribution in [3.63, 3.8) is 0 Å². The number of fused-ring (bicyclic) bond motifs is 5. The van der Waals surface area contributed by atoms with Crippen molar-refractivity contribution in [2.75, 3.05) is 12.8 Å². The van der Waals surface area contributed by atoms with Crippen molar-refractivity contribution < 1.29 is 13.9 Å². The van der Waals surface area contributed by atoms with Gasteiger partial charge in [0.25, 0.3) is 0 Å². The summed E-state index contributed by atoms with van der Waals surface area (Å²) < 4.78 is 21.8. The minimum Gasteiger partial charge on any atom is -0.482 e. The lowest BCUT2D eigenvalue weighted by Gasteiger charge is -2.26. The summed E-state index contributed by atoms with van der Waals surface area (Å²) in [6.45, 7) is 3.32. The first-order valence-corrected chi connectivity index (χ1v) is 10.2. The van der Waals surface area contributed by atoms with Crippen LogP contribution in [-0.4, -0.2) is 38.5 Å². The van der Waals surface area contributed by atoms with Gasteiger partial charge in [0.15, 0.2) is 11.6 Å². The number of hydrogen-bond acceptors (Lipinski definition) is 6. The predicted octanol–water partition coefficient (Wildman–Crippen LogP) is 2.95. The van der Waals surface area contributed by atoms with Crippen LogP contribution in [0.15, 0.2) is 35.5 Å². The van der Waals surface area contributed by atoms with E-state index in [0.717, 1.165) is 0 Å². The summed E-state index contributed by atoms with van der Waals surface area (Å²) in [5, 5.41) is 14.3. The molecule has 1 atom stereocenters. The number of halogens is 1. The van der Waals surface area contributed by atoms with E-state index in [9.17, 15) is 14.4 Å². The molecule has 0 fully saturated rings. The average molecular weight is 447 g/mol. The summed E-state index contributed by atoms with van der Waals surface area (Å²) in [5.41, 5.74) is 9.18. The van der Waals surface area contributed by atoms with E-state index in [1.807, 2.05) is 0 Å². The number of nitriles is 1. The summed E-state index contributed by atoms with van der Waals surface area (Å²) in [7, 11) is 3.43. The molecule has 0 aliphatic carbocycles. The topological polar surface area (TPSA) is 122 Å². The van der Waals surface area contributed by atoms with E-state index < -0.39 is 17.8 Å². The molecule has 168 valence electrons. The van der Waals surface area contributed by atoms with Crippen LogP contribution in [0.25, 0.3) is 11.1 Å². The standard InChI is InChI=1S/C23H22FN7O2/c1-12-17-8-15(24)5-6-16(17)23(28-13(2)32)30(3)11-18-21(19(9-25)31(4)29-18)14-7-20(33-12)22(26)27-10-14/h5-8,10,12H,11H2,1-4H3,(H2,26,27). The van der Waals surface area contributed by atoms with E-state index >= 15 is 0 Å². The Morgan fingerprint density at radius 1 is 1.36 bits per heavy atom. The summed E-state index contributed by atoms with van der Waals surface area (Å²) in [6.07, 6.45) is 0.905. The van der Waals surface area contributed by atoms with E-state index in [-0.39, 0.29) is 18.1 Å². The molecule has 2 bridgehead atoms. The molecule has 3 aromatic rings. The number of ether oxygens (including phenoxy) is 1. The highest BCUT2D eigenvalue weighted by atomic mass is 19.1. The Labute approximate surface area is 189 Å². The van der Waals surface area contributed by atoms with Crippen molar-refractivity contribution in [2.24, 2.45) is 12.0 Å². The predicted molar refractivity (Wildman–Crippen MR) is 120 cm³/mol. The minimum atomic E-state index is -0.649. The third-order valence-corrected chi connectivity index (χ3v) is 5.40. The second-order valence-electron chi connectivity index (χ2n) is 7.82. The third kappa shape index (κ3) is 4.01. The number of anilines is 1. The molecular weight excluding hydrogens is 425 g/mol. The van der Waals surface area contributed by atoms with Gasteiger partial charge in [-0.15, -0.1) is 0 Å². The van der Waals surface area contributed by atoms with Crippen molar-refractivity contribution in [3.8, 4) is 22.9 Å². The van der Waals surface area contributed by atoms with Crippen molar-refractivity contribution in [1.82, 2.24) is 19.7 Å². The fraction of sp³-hybridized carbons (Fsp3) is 0.261. The summed E-state index contributed by atoms with van der Waals surface area (Å²) >= 11 is 0. The number of aliphatic imine (C=N–C) groups is 1. The molecule has 9 nitrogen and oxygen atoms in total. The van der Waals surface area contributed by atoms with Crippen molar-refractivity contribution in [1.29, 1.82) is 5.26 Å². The Morgan fingerprint density at radius 2 is 2.12 bits per heavy atom. The molecule has 1 aliphatic heterocycles. The molecule has 2 N–H and O–H groups in total. The molecular formula is C23H22FN7O2. The first-order chi connectivity index (χ1) is 15.7. The third-order valence-electron chi connectivity index (χ3n) is 5.40. The second-order valence-corrected chi connectivity index (χ2v) is 7.82. The Balaban J connectivity index is 2.03. The number of nitrogens with zero attached hydrogens (tertiary/aromatic N) is 6. The molecule has 10 heteroatoms. The zero-order valence-corrected chi connectivity index (χ0v) is 18.6. The number of hydrogen-bond donors (Lipinski definition) is 1. The lowest BCUT2D eigenvalue weighted by Crippen LogP contribution is -2.30. The van der Waals surface area contributed by atoms with E-state index in [2.05, 4.69) is 21.1 Å². The number of rotatable bonds is 0. The van der Waals surface area contributed by atoms with Gasteiger partial charge in [0.1, 0.15) is 29.5 Å². The number of carbonyl (C=O) groups is 1. The summed E-state index contributed by atoms with van der Waals surface area (Å²) in [5.74, 6) is -0.0948. The zero-order valence-electron chi connectivity index (χ0n) is 18.6. The highest BCUT2D eigenvalue weighted by Gasteiger charge is 2.26. The van der Waals surface area contributed by atoms with Crippen molar-refractivity contribution in [3.05, 3.63) is 58.8 Å². The normalized spacial score (nSPS) is 16.7. The number of amidine groups is 1. The van der Waals surface area contributed by atoms with Gasteiger partial charge in [-0.05, 0) is 31.2 Å². The van der Waals surface area contributed by atoms with E-state index in [1.54, 1.807) is 44.2 Å². The first kappa shape index (κ1) is 22.0. The second kappa shape index (κ2) is 8.35. The molecule has 0 saturated carbocycles. The van der Waals surface area contributed by atoms with Crippen LogP contribution in [0.3, 0.4) is 0 Å². The van der Waals surface area contributed by atoms with Gasteiger partial charge < -0.3 is 15.4 Å². The van der Waals surface area contributed by atoms with Gasteiger partial charge in [-0.2, -0.15) is 15.4 Å². The van der Waals surface area contributed by atoms with E-state index in [4.69, 9.17) is 10.5 Å². The molecule has 1 aromatic carbocycles.